The molecule has 0 saturated carbocycles. The molecule has 0 aliphatic carbocycles. The average Bonchev–Trinajstić information content (AvgIpc) is 2.56. The molecule has 1 heterocycles. The van der Waals surface area contributed by atoms with Crippen molar-refractivity contribution in [3.8, 4) is 0 Å². The average molecular weight is 200 g/mol. The Balaban J connectivity index is 2.09. The van der Waals surface area contributed by atoms with Crippen molar-refractivity contribution >= 4 is 6.29 Å². The van der Waals surface area contributed by atoms with E-state index in [4.69, 9.17) is 4.74 Å². The van der Waals surface area contributed by atoms with E-state index < -0.39 is 5.60 Å². The van der Waals surface area contributed by atoms with E-state index in [1.807, 2.05) is 0 Å². The number of carbonyl (C=O) groups excluding carboxylic acids is 1. The molecule has 0 aromatic heterocycles. The molecule has 3 nitrogen and oxygen atoms in total. The standard InChI is InChI=1S/C11H20O3/c1-11(13,7-8-12)6-2-4-10-5-3-9-14-10/h8,10,13H,2-7,9H2,1H3. The van der Waals surface area contributed by atoms with Crippen molar-refractivity contribution in [2.75, 3.05) is 6.61 Å². The Morgan fingerprint density at radius 2 is 2.43 bits per heavy atom. The predicted molar refractivity (Wildman–Crippen MR) is 54.1 cm³/mol. The van der Waals surface area contributed by atoms with Crippen LogP contribution in [0, 0.1) is 0 Å². The molecule has 1 rings (SSSR count). The summed E-state index contributed by atoms with van der Waals surface area (Å²) in [5.74, 6) is 0. The van der Waals surface area contributed by atoms with Gasteiger partial charge in [-0.3, -0.25) is 0 Å². The topological polar surface area (TPSA) is 46.5 Å². The highest BCUT2D eigenvalue weighted by Gasteiger charge is 2.21. The van der Waals surface area contributed by atoms with Gasteiger partial charge in [0.05, 0.1) is 11.7 Å². The molecule has 0 bridgehead atoms. The van der Waals surface area contributed by atoms with Crippen LogP contribution in [0.1, 0.15) is 45.4 Å². The zero-order valence-corrected chi connectivity index (χ0v) is 8.87. The zero-order valence-electron chi connectivity index (χ0n) is 8.87. The molecular weight excluding hydrogens is 180 g/mol. The van der Waals surface area contributed by atoms with Crippen LogP contribution in [0.3, 0.4) is 0 Å². The van der Waals surface area contributed by atoms with E-state index in [2.05, 4.69) is 0 Å². The molecule has 0 amide bonds. The van der Waals surface area contributed by atoms with Crippen LogP contribution in [0.4, 0.5) is 0 Å². The third-order valence-corrected chi connectivity index (χ3v) is 2.79. The Labute approximate surface area is 85.5 Å². The summed E-state index contributed by atoms with van der Waals surface area (Å²) < 4.78 is 5.48. The fraction of sp³-hybridized carbons (Fsp3) is 0.909. The van der Waals surface area contributed by atoms with E-state index in [9.17, 15) is 9.90 Å². The zero-order chi connectivity index (χ0) is 10.4. The molecule has 1 fully saturated rings. The van der Waals surface area contributed by atoms with Crippen LogP contribution in [0.25, 0.3) is 0 Å². The van der Waals surface area contributed by atoms with Gasteiger partial charge >= 0.3 is 0 Å². The van der Waals surface area contributed by atoms with E-state index in [0.29, 0.717) is 12.5 Å². The number of hydrogen-bond acceptors (Lipinski definition) is 3. The highest BCUT2D eigenvalue weighted by Crippen LogP contribution is 2.22. The summed E-state index contributed by atoms with van der Waals surface area (Å²) in [4.78, 5) is 10.3. The van der Waals surface area contributed by atoms with Crippen LogP contribution in [0.15, 0.2) is 0 Å². The summed E-state index contributed by atoms with van der Waals surface area (Å²) in [5, 5.41) is 9.72. The molecule has 1 saturated heterocycles. The minimum Gasteiger partial charge on any atom is -0.390 e. The molecule has 3 heteroatoms. The molecule has 1 N–H and O–H groups in total. The minimum absolute atomic E-state index is 0.235. The summed E-state index contributed by atoms with van der Waals surface area (Å²) >= 11 is 0. The first-order valence-corrected chi connectivity index (χ1v) is 5.42. The van der Waals surface area contributed by atoms with Gasteiger partial charge in [-0.2, -0.15) is 0 Å². The lowest BCUT2D eigenvalue weighted by molar-refractivity contribution is -0.112. The van der Waals surface area contributed by atoms with Gasteiger partial charge in [0, 0.05) is 13.0 Å². The normalized spacial score (nSPS) is 26.0. The first-order valence-electron chi connectivity index (χ1n) is 5.42. The van der Waals surface area contributed by atoms with Gasteiger partial charge < -0.3 is 14.6 Å². The van der Waals surface area contributed by atoms with Crippen molar-refractivity contribution < 1.29 is 14.6 Å². The number of aldehydes is 1. The second-order valence-corrected chi connectivity index (χ2v) is 4.39. The number of carbonyl (C=O) groups is 1. The van der Waals surface area contributed by atoms with Gasteiger partial charge in [0.25, 0.3) is 0 Å². The Kier molecular flexibility index (Phi) is 4.55. The highest BCUT2D eigenvalue weighted by molar-refractivity contribution is 5.51. The molecular formula is C11H20O3. The number of hydrogen-bond donors (Lipinski definition) is 1. The summed E-state index contributed by atoms with van der Waals surface area (Å²) in [6.45, 7) is 2.60. The van der Waals surface area contributed by atoms with E-state index >= 15 is 0 Å². The lowest BCUT2D eigenvalue weighted by Crippen LogP contribution is -2.24. The van der Waals surface area contributed by atoms with Crippen LogP contribution >= 0.6 is 0 Å². The van der Waals surface area contributed by atoms with Crippen molar-refractivity contribution in [3.63, 3.8) is 0 Å². The molecule has 82 valence electrons. The van der Waals surface area contributed by atoms with Gasteiger partial charge in [-0.1, -0.05) is 0 Å². The van der Waals surface area contributed by atoms with Crippen molar-refractivity contribution in [1.29, 1.82) is 0 Å². The van der Waals surface area contributed by atoms with Crippen molar-refractivity contribution in [3.05, 3.63) is 0 Å². The Bertz CT molecular complexity index is 171. The monoisotopic (exact) mass is 200 g/mol. The number of aliphatic hydroxyl groups is 1. The van der Waals surface area contributed by atoms with Gasteiger partial charge in [0.15, 0.2) is 0 Å². The van der Waals surface area contributed by atoms with Crippen LogP contribution in [0.2, 0.25) is 0 Å². The van der Waals surface area contributed by atoms with E-state index in [1.165, 1.54) is 0 Å². The molecule has 2 unspecified atom stereocenters. The largest absolute Gasteiger partial charge is 0.390 e. The molecule has 0 aromatic rings. The minimum atomic E-state index is -0.819. The fourth-order valence-corrected chi connectivity index (χ4v) is 1.86. The SMILES string of the molecule is CC(O)(CC=O)CCCC1CCCO1. The van der Waals surface area contributed by atoms with Crippen LogP contribution < -0.4 is 0 Å². The van der Waals surface area contributed by atoms with Crippen LogP contribution in [-0.2, 0) is 9.53 Å². The van der Waals surface area contributed by atoms with E-state index in [-0.39, 0.29) is 6.42 Å². The molecule has 14 heavy (non-hydrogen) atoms. The maximum absolute atomic E-state index is 10.3. The number of rotatable bonds is 6. The van der Waals surface area contributed by atoms with Gasteiger partial charge in [-0.15, -0.1) is 0 Å². The number of ether oxygens (including phenoxy) is 1. The van der Waals surface area contributed by atoms with Gasteiger partial charge in [-0.05, 0) is 39.0 Å². The second-order valence-electron chi connectivity index (χ2n) is 4.39. The first kappa shape index (κ1) is 11.7. The molecule has 1 aliphatic rings. The van der Waals surface area contributed by atoms with E-state index in [0.717, 1.165) is 38.6 Å². The summed E-state index contributed by atoms with van der Waals surface area (Å²) in [5.41, 5.74) is -0.819. The van der Waals surface area contributed by atoms with Crippen molar-refractivity contribution in [2.24, 2.45) is 0 Å². The van der Waals surface area contributed by atoms with Crippen LogP contribution in [0.5, 0.6) is 0 Å². The van der Waals surface area contributed by atoms with Gasteiger partial charge in [0.2, 0.25) is 0 Å². The maximum atomic E-state index is 10.3. The predicted octanol–water partition coefficient (Wildman–Crippen LogP) is 1.68. The molecule has 0 radical (unpaired) electrons. The quantitative estimate of drug-likeness (QED) is 0.663. The Morgan fingerprint density at radius 1 is 1.64 bits per heavy atom. The third-order valence-electron chi connectivity index (χ3n) is 2.79. The van der Waals surface area contributed by atoms with Crippen molar-refractivity contribution in [2.45, 2.75) is 57.2 Å². The summed E-state index contributed by atoms with van der Waals surface area (Å²) in [6.07, 6.45) is 6.35. The second kappa shape index (κ2) is 5.47. The van der Waals surface area contributed by atoms with Gasteiger partial charge in [0.1, 0.15) is 6.29 Å². The first-order chi connectivity index (χ1) is 6.64. The fourth-order valence-electron chi connectivity index (χ4n) is 1.86. The van der Waals surface area contributed by atoms with E-state index in [1.54, 1.807) is 6.92 Å². The maximum Gasteiger partial charge on any atom is 0.122 e. The van der Waals surface area contributed by atoms with Gasteiger partial charge in [-0.25, -0.2) is 0 Å². The summed E-state index contributed by atoms with van der Waals surface area (Å²) in [6, 6.07) is 0. The Hall–Kier alpha value is -0.410. The lowest BCUT2D eigenvalue weighted by atomic mass is 9.95. The molecule has 1 aliphatic heterocycles. The smallest absolute Gasteiger partial charge is 0.122 e. The molecule has 0 spiro atoms. The van der Waals surface area contributed by atoms with Crippen molar-refractivity contribution in [1.82, 2.24) is 0 Å². The van der Waals surface area contributed by atoms with Crippen LogP contribution in [-0.4, -0.2) is 29.7 Å². The third kappa shape index (κ3) is 4.20. The Morgan fingerprint density at radius 3 is 3.00 bits per heavy atom. The highest BCUT2D eigenvalue weighted by atomic mass is 16.5. The molecule has 2 atom stereocenters. The summed E-state index contributed by atoms with van der Waals surface area (Å²) in [7, 11) is 0. The lowest BCUT2D eigenvalue weighted by Gasteiger charge is -2.20. The molecule has 0 aromatic carbocycles.